The molecule has 18 heavy (non-hydrogen) atoms. The zero-order valence-electron chi connectivity index (χ0n) is 9.19. The zero-order valence-corrected chi connectivity index (χ0v) is 9.19. The normalized spacial score (nSPS) is 10.7. The summed E-state index contributed by atoms with van der Waals surface area (Å²) in [5.74, 6) is -0.997. The maximum absolute atomic E-state index is 11.2. The molecule has 0 atom stereocenters. The maximum Gasteiger partial charge on any atom is 0.337 e. The molecule has 0 aliphatic rings. The van der Waals surface area contributed by atoms with Crippen molar-refractivity contribution in [2.75, 3.05) is 0 Å². The summed E-state index contributed by atoms with van der Waals surface area (Å²) < 4.78 is 1.50. The molecule has 0 saturated carbocycles. The van der Waals surface area contributed by atoms with Gasteiger partial charge in [0.05, 0.1) is 23.0 Å². The van der Waals surface area contributed by atoms with Gasteiger partial charge in [0.25, 0.3) is 0 Å². The highest BCUT2D eigenvalue weighted by Gasteiger charge is 2.14. The number of pyridine rings is 1. The lowest BCUT2D eigenvalue weighted by molar-refractivity contribution is 0.0697. The van der Waals surface area contributed by atoms with Gasteiger partial charge >= 0.3 is 5.97 Å². The number of nitrogens with zero attached hydrogens (tertiary/aromatic N) is 4. The first kappa shape index (κ1) is 10.4. The molecule has 0 aliphatic carbocycles. The third-order valence-electron chi connectivity index (χ3n) is 2.61. The van der Waals surface area contributed by atoms with Crippen LogP contribution in [-0.4, -0.2) is 31.1 Å². The van der Waals surface area contributed by atoms with E-state index in [4.69, 9.17) is 5.11 Å². The minimum absolute atomic E-state index is 0.182. The maximum atomic E-state index is 11.2. The number of fused-ring (bicyclic) bond motifs is 1. The van der Waals surface area contributed by atoms with Crippen LogP contribution in [0.4, 0.5) is 0 Å². The van der Waals surface area contributed by atoms with Gasteiger partial charge in [-0.05, 0) is 18.2 Å². The standard InChI is InChI=1S/C12H8N4O2/c17-12(18)8-3-1-2-4-10(8)16-11-5-6-13-7-9(11)14-15-16/h1-7H,(H,17,18). The van der Waals surface area contributed by atoms with Gasteiger partial charge in [0.15, 0.2) is 0 Å². The highest BCUT2D eigenvalue weighted by molar-refractivity contribution is 5.92. The molecule has 88 valence electrons. The quantitative estimate of drug-likeness (QED) is 0.734. The van der Waals surface area contributed by atoms with Gasteiger partial charge in [0.1, 0.15) is 5.52 Å². The largest absolute Gasteiger partial charge is 0.478 e. The Morgan fingerprint density at radius 1 is 1.22 bits per heavy atom. The summed E-state index contributed by atoms with van der Waals surface area (Å²) in [5, 5.41) is 17.1. The van der Waals surface area contributed by atoms with Crippen LogP contribution in [-0.2, 0) is 0 Å². The van der Waals surface area contributed by atoms with Gasteiger partial charge in [-0.1, -0.05) is 17.3 Å². The van der Waals surface area contributed by atoms with Crippen molar-refractivity contribution >= 4 is 17.0 Å². The highest BCUT2D eigenvalue weighted by atomic mass is 16.4. The Morgan fingerprint density at radius 3 is 2.89 bits per heavy atom. The summed E-state index contributed by atoms with van der Waals surface area (Å²) >= 11 is 0. The van der Waals surface area contributed by atoms with E-state index in [0.29, 0.717) is 11.2 Å². The summed E-state index contributed by atoms with van der Waals surface area (Å²) in [6.07, 6.45) is 3.20. The molecule has 6 nitrogen and oxygen atoms in total. The second-order valence-corrected chi connectivity index (χ2v) is 3.69. The van der Waals surface area contributed by atoms with Crippen molar-refractivity contribution in [1.82, 2.24) is 20.0 Å². The average Bonchev–Trinajstić information content (AvgIpc) is 2.82. The Labute approximate surface area is 102 Å². The minimum atomic E-state index is -0.997. The number of carbonyl (C=O) groups is 1. The average molecular weight is 240 g/mol. The van der Waals surface area contributed by atoms with Crippen LogP contribution in [0, 0.1) is 0 Å². The van der Waals surface area contributed by atoms with Crippen LogP contribution < -0.4 is 0 Å². The van der Waals surface area contributed by atoms with Crippen LogP contribution in [0.3, 0.4) is 0 Å². The van der Waals surface area contributed by atoms with Crippen molar-refractivity contribution in [2.45, 2.75) is 0 Å². The monoisotopic (exact) mass is 240 g/mol. The molecule has 3 rings (SSSR count). The third kappa shape index (κ3) is 1.51. The van der Waals surface area contributed by atoms with E-state index in [-0.39, 0.29) is 5.56 Å². The van der Waals surface area contributed by atoms with Crippen LogP contribution in [0.1, 0.15) is 10.4 Å². The Balaban J connectivity index is 2.30. The Hall–Kier alpha value is -2.76. The molecule has 0 spiro atoms. The minimum Gasteiger partial charge on any atom is -0.478 e. The predicted octanol–water partition coefficient (Wildman–Crippen LogP) is 1.51. The zero-order chi connectivity index (χ0) is 12.5. The van der Waals surface area contributed by atoms with Gasteiger partial charge < -0.3 is 5.11 Å². The van der Waals surface area contributed by atoms with Crippen molar-refractivity contribution in [2.24, 2.45) is 0 Å². The van der Waals surface area contributed by atoms with Crippen molar-refractivity contribution in [1.29, 1.82) is 0 Å². The van der Waals surface area contributed by atoms with Gasteiger partial charge in [-0.25, -0.2) is 9.48 Å². The second-order valence-electron chi connectivity index (χ2n) is 3.69. The number of benzene rings is 1. The Morgan fingerprint density at radius 2 is 2.06 bits per heavy atom. The van der Waals surface area contributed by atoms with E-state index in [1.165, 1.54) is 10.7 Å². The molecule has 2 heterocycles. The molecule has 0 fully saturated rings. The fourth-order valence-corrected chi connectivity index (χ4v) is 1.79. The van der Waals surface area contributed by atoms with Crippen LogP contribution in [0.5, 0.6) is 0 Å². The van der Waals surface area contributed by atoms with Crippen molar-refractivity contribution in [3.63, 3.8) is 0 Å². The number of rotatable bonds is 2. The number of hydrogen-bond acceptors (Lipinski definition) is 4. The van der Waals surface area contributed by atoms with Crippen molar-refractivity contribution < 1.29 is 9.90 Å². The van der Waals surface area contributed by atoms with Crippen LogP contribution >= 0.6 is 0 Å². The lowest BCUT2D eigenvalue weighted by Crippen LogP contribution is -2.06. The van der Waals surface area contributed by atoms with Crippen molar-refractivity contribution in [3.05, 3.63) is 48.3 Å². The summed E-state index contributed by atoms with van der Waals surface area (Å²) in [5.41, 5.74) is 2.01. The topological polar surface area (TPSA) is 80.9 Å². The van der Waals surface area contributed by atoms with E-state index in [2.05, 4.69) is 15.3 Å². The summed E-state index contributed by atoms with van der Waals surface area (Å²) in [7, 11) is 0. The molecule has 6 heteroatoms. The number of carboxylic acid groups (broad SMARTS) is 1. The number of aromatic nitrogens is 4. The SMILES string of the molecule is O=C(O)c1ccccc1-n1nnc2cnccc21. The van der Waals surface area contributed by atoms with Crippen molar-refractivity contribution in [3.8, 4) is 5.69 Å². The molecular formula is C12H8N4O2. The molecule has 2 aromatic heterocycles. The van der Waals surface area contributed by atoms with Crippen LogP contribution in [0.25, 0.3) is 16.7 Å². The molecule has 0 radical (unpaired) electrons. The highest BCUT2D eigenvalue weighted by Crippen LogP contribution is 2.18. The molecular weight excluding hydrogens is 232 g/mol. The predicted molar refractivity (Wildman–Crippen MR) is 63.6 cm³/mol. The summed E-state index contributed by atoms with van der Waals surface area (Å²) in [6, 6.07) is 8.41. The van der Waals surface area contributed by atoms with Gasteiger partial charge in [0, 0.05) is 6.20 Å². The first-order valence-corrected chi connectivity index (χ1v) is 5.25. The Kier molecular flexibility index (Phi) is 2.26. The smallest absolute Gasteiger partial charge is 0.337 e. The van der Waals surface area contributed by atoms with Crippen LogP contribution in [0.15, 0.2) is 42.7 Å². The molecule has 0 bridgehead atoms. The number of aromatic carboxylic acids is 1. The van der Waals surface area contributed by atoms with E-state index in [0.717, 1.165) is 5.52 Å². The molecule has 3 aromatic rings. The fourth-order valence-electron chi connectivity index (χ4n) is 1.79. The number of carboxylic acids is 1. The summed E-state index contributed by atoms with van der Waals surface area (Å²) in [6.45, 7) is 0. The van der Waals surface area contributed by atoms with Gasteiger partial charge in [-0.3, -0.25) is 4.98 Å². The van der Waals surface area contributed by atoms with Gasteiger partial charge in [-0.15, -0.1) is 5.10 Å². The first-order chi connectivity index (χ1) is 8.77. The third-order valence-corrected chi connectivity index (χ3v) is 2.61. The fraction of sp³-hybridized carbons (Fsp3) is 0. The van der Waals surface area contributed by atoms with E-state index < -0.39 is 5.97 Å². The van der Waals surface area contributed by atoms with Gasteiger partial charge in [-0.2, -0.15) is 0 Å². The second kappa shape index (κ2) is 3.92. The first-order valence-electron chi connectivity index (χ1n) is 5.25. The lowest BCUT2D eigenvalue weighted by atomic mass is 10.2. The van der Waals surface area contributed by atoms with E-state index in [1.807, 2.05) is 0 Å². The number of hydrogen-bond donors (Lipinski definition) is 1. The lowest BCUT2D eigenvalue weighted by Gasteiger charge is -2.05. The number of para-hydroxylation sites is 1. The van der Waals surface area contributed by atoms with E-state index >= 15 is 0 Å². The Bertz CT molecular complexity index is 736. The molecule has 0 aliphatic heterocycles. The van der Waals surface area contributed by atoms with Gasteiger partial charge in [0.2, 0.25) is 0 Å². The summed E-state index contributed by atoms with van der Waals surface area (Å²) in [4.78, 5) is 15.1. The molecule has 0 amide bonds. The van der Waals surface area contributed by atoms with E-state index in [9.17, 15) is 4.79 Å². The van der Waals surface area contributed by atoms with E-state index in [1.54, 1.807) is 36.7 Å². The molecule has 1 N–H and O–H groups in total. The molecule has 0 saturated heterocycles. The molecule has 0 unspecified atom stereocenters. The van der Waals surface area contributed by atoms with Crippen LogP contribution in [0.2, 0.25) is 0 Å². The molecule has 1 aromatic carbocycles.